The summed E-state index contributed by atoms with van der Waals surface area (Å²) in [6.07, 6.45) is 3.74. The Morgan fingerprint density at radius 3 is 2.57 bits per heavy atom. The van der Waals surface area contributed by atoms with E-state index in [0.29, 0.717) is 31.9 Å². The Morgan fingerprint density at radius 1 is 1.11 bits per heavy atom. The van der Waals surface area contributed by atoms with E-state index >= 15 is 0 Å². The number of amides is 1. The van der Waals surface area contributed by atoms with E-state index in [4.69, 9.17) is 0 Å². The van der Waals surface area contributed by atoms with Gasteiger partial charge in [0, 0.05) is 50.2 Å². The number of thioether (sulfide) groups is 1. The van der Waals surface area contributed by atoms with Gasteiger partial charge in [0.2, 0.25) is 5.91 Å². The third-order valence-corrected chi connectivity index (χ3v) is 5.74. The van der Waals surface area contributed by atoms with Gasteiger partial charge in [0.1, 0.15) is 0 Å². The van der Waals surface area contributed by atoms with Gasteiger partial charge in [0.05, 0.1) is 22.4 Å². The molecule has 2 aromatic heterocycles. The molecular weight excluding hydrogens is 378 g/mol. The summed E-state index contributed by atoms with van der Waals surface area (Å²) in [6.45, 7) is 2.69. The van der Waals surface area contributed by atoms with Crippen molar-refractivity contribution in [1.82, 2.24) is 14.3 Å². The number of nitrogens with zero attached hydrogens (tertiary/aromatic N) is 5. The number of nitro groups is 1. The molecule has 0 atom stereocenters. The van der Waals surface area contributed by atoms with Gasteiger partial charge in [0.15, 0.2) is 5.16 Å². The zero-order valence-electron chi connectivity index (χ0n) is 15.1. The predicted molar refractivity (Wildman–Crippen MR) is 108 cm³/mol. The fraction of sp³-hybridized carbons (Fsp3) is 0.263. The summed E-state index contributed by atoms with van der Waals surface area (Å²) >= 11 is 1.44. The number of hydrogen-bond donors (Lipinski definition) is 0. The van der Waals surface area contributed by atoms with Gasteiger partial charge in [-0.05, 0) is 24.3 Å². The first-order valence-corrected chi connectivity index (χ1v) is 9.92. The quantitative estimate of drug-likeness (QED) is 0.374. The summed E-state index contributed by atoms with van der Waals surface area (Å²) in [5.41, 5.74) is 2.03. The van der Waals surface area contributed by atoms with Crippen LogP contribution in [0, 0.1) is 10.1 Å². The molecule has 0 saturated carbocycles. The molecule has 1 amide bonds. The Hall–Kier alpha value is -3.07. The maximum atomic E-state index is 12.6. The van der Waals surface area contributed by atoms with E-state index in [9.17, 15) is 14.9 Å². The number of pyridine rings is 1. The van der Waals surface area contributed by atoms with Gasteiger partial charge in [-0.15, -0.1) is 0 Å². The fourth-order valence-corrected chi connectivity index (χ4v) is 4.11. The minimum atomic E-state index is -0.402. The van der Waals surface area contributed by atoms with E-state index < -0.39 is 4.92 Å². The maximum Gasteiger partial charge on any atom is 0.269 e. The Labute approximate surface area is 165 Å². The zero-order chi connectivity index (χ0) is 19.5. The number of aromatic nitrogens is 2. The number of fused-ring (bicyclic) bond motifs is 1. The van der Waals surface area contributed by atoms with Crippen molar-refractivity contribution in [2.24, 2.45) is 0 Å². The van der Waals surface area contributed by atoms with Gasteiger partial charge in [-0.3, -0.25) is 19.3 Å². The molecule has 0 spiro atoms. The van der Waals surface area contributed by atoms with E-state index in [2.05, 4.69) is 9.88 Å². The fourth-order valence-electron chi connectivity index (χ4n) is 3.24. The third kappa shape index (κ3) is 3.79. The second-order valence-corrected chi connectivity index (χ2v) is 7.41. The molecule has 1 aliphatic heterocycles. The van der Waals surface area contributed by atoms with Crippen molar-refractivity contribution in [2.45, 2.75) is 5.16 Å². The molecule has 0 radical (unpaired) electrons. The Bertz CT molecular complexity index is 996. The standard InChI is InChI=1S/C19H19N5O3S/c25-18(14-28-19-20-13-17-3-1-2-8-23(17)19)22-11-9-21(10-12-22)15-4-6-16(7-5-15)24(26)27/h1-8,13H,9-12,14H2. The summed E-state index contributed by atoms with van der Waals surface area (Å²) < 4.78 is 1.98. The number of non-ortho nitro benzene ring substituents is 1. The Morgan fingerprint density at radius 2 is 1.86 bits per heavy atom. The highest BCUT2D eigenvalue weighted by atomic mass is 32.2. The molecule has 1 aromatic carbocycles. The summed E-state index contributed by atoms with van der Waals surface area (Å²) in [5, 5.41) is 11.6. The number of rotatable bonds is 5. The second kappa shape index (κ2) is 7.89. The summed E-state index contributed by atoms with van der Waals surface area (Å²) in [7, 11) is 0. The number of carbonyl (C=O) groups is 1. The number of anilines is 1. The highest BCUT2D eigenvalue weighted by molar-refractivity contribution is 7.99. The van der Waals surface area contributed by atoms with Crippen LogP contribution in [-0.4, -0.2) is 57.0 Å². The van der Waals surface area contributed by atoms with Crippen molar-refractivity contribution in [2.75, 3.05) is 36.8 Å². The van der Waals surface area contributed by atoms with Crippen LogP contribution < -0.4 is 4.90 Å². The first-order chi connectivity index (χ1) is 13.6. The largest absolute Gasteiger partial charge is 0.368 e. The lowest BCUT2D eigenvalue weighted by atomic mass is 10.2. The molecule has 1 aliphatic rings. The third-order valence-electron chi connectivity index (χ3n) is 4.79. The van der Waals surface area contributed by atoms with Crippen LogP contribution in [0.4, 0.5) is 11.4 Å². The monoisotopic (exact) mass is 397 g/mol. The first-order valence-electron chi connectivity index (χ1n) is 8.94. The van der Waals surface area contributed by atoms with Gasteiger partial charge < -0.3 is 9.80 Å². The molecule has 1 saturated heterocycles. The van der Waals surface area contributed by atoms with E-state index in [0.717, 1.165) is 16.4 Å². The summed E-state index contributed by atoms with van der Waals surface area (Å²) in [4.78, 5) is 31.3. The van der Waals surface area contributed by atoms with Crippen LogP contribution in [0.5, 0.6) is 0 Å². The molecule has 0 aliphatic carbocycles. The van der Waals surface area contributed by atoms with Gasteiger partial charge in [-0.1, -0.05) is 17.8 Å². The Balaban J connectivity index is 1.30. The SMILES string of the molecule is O=C(CSc1ncc2ccccn12)N1CCN(c2ccc([N+](=O)[O-])cc2)CC1. The molecule has 28 heavy (non-hydrogen) atoms. The molecule has 3 aromatic rings. The number of nitro benzene ring substituents is 1. The number of hydrogen-bond acceptors (Lipinski definition) is 6. The minimum absolute atomic E-state index is 0.0844. The van der Waals surface area contributed by atoms with Crippen molar-refractivity contribution in [1.29, 1.82) is 0 Å². The molecular formula is C19H19N5O3S. The van der Waals surface area contributed by atoms with Crippen molar-refractivity contribution >= 4 is 34.6 Å². The normalized spacial score (nSPS) is 14.4. The van der Waals surface area contributed by atoms with Gasteiger partial charge in [-0.25, -0.2) is 4.98 Å². The Kier molecular flexibility index (Phi) is 5.16. The lowest BCUT2D eigenvalue weighted by molar-refractivity contribution is -0.384. The van der Waals surface area contributed by atoms with Crippen LogP contribution >= 0.6 is 11.8 Å². The summed E-state index contributed by atoms with van der Waals surface area (Å²) in [5.74, 6) is 0.451. The van der Waals surface area contributed by atoms with Gasteiger partial charge >= 0.3 is 0 Å². The van der Waals surface area contributed by atoms with E-state index in [1.165, 1.54) is 23.9 Å². The first kappa shape index (κ1) is 18.3. The maximum absolute atomic E-state index is 12.6. The molecule has 0 N–H and O–H groups in total. The number of imidazole rings is 1. The van der Waals surface area contributed by atoms with Gasteiger partial charge in [0.25, 0.3) is 5.69 Å². The number of piperazine rings is 1. The lowest BCUT2D eigenvalue weighted by Crippen LogP contribution is -2.49. The topological polar surface area (TPSA) is 84.0 Å². The van der Waals surface area contributed by atoms with E-state index in [1.807, 2.05) is 33.7 Å². The average Bonchev–Trinajstić information content (AvgIpc) is 3.15. The lowest BCUT2D eigenvalue weighted by Gasteiger charge is -2.36. The molecule has 8 nitrogen and oxygen atoms in total. The van der Waals surface area contributed by atoms with Crippen molar-refractivity contribution in [3.63, 3.8) is 0 Å². The molecule has 3 heterocycles. The van der Waals surface area contributed by atoms with E-state index in [-0.39, 0.29) is 11.6 Å². The summed E-state index contributed by atoms with van der Waals surface area (Å²) in [6, 6.07) is 12.4. The predicted octanol–water partition coefficient (Wildman–Crippen LogP) is 2.68. The number of carbonyl (C=O) groups excluding carboxylic acids is 1. The molecule has 4 rings (SSSR count). The van der Waals surface area contributed by atoms with Crippen molar-refractivity contribution in [3.05, 3.63) is 65.0 Å². The second-order valence-electron chi connectivity index (χ2n) is 6.47. The molecule has 0 unspecified atom stereocenters. The minimum Gasteiger partial charge on any atom is -0.368 e. The van der Waals surface area contributed by atoms with Gasteiger partial charge in [-0.2, -0.15) is 0 Å². The molecule has 0 bridgehead atoms. The van der Waals surface area contributed by atoms with Crippen LogP contribution in [-0.2, 0) is 4.79 Å². The van der Waals surface area contributed by atoms with Crippen LogP contribution in [0.1, 0.15) is 0 Å². The molecule has 144 valence electrons. The van der Waals surface area contributed by atoms with Crippen LogP contribution in [0.15, 0.2) is 60.0 Å². The highest BCUT2D eigenvalue weighted by Gasteiger charge is 2.22. The van der Waals surface area contributed by atoms with Crippen molar-refractivity contribution < 1.29 is 9.72 Å². The average molecular weight is 397 g/mol. The van der Waals surface area contributed by atoms with Crippen LogP contribution in [0.25, 0.3) is 5.52 Å². The number of benzene rings is 1. The van der Waals surface area contributed by atoms with Crippen molar-refractivity contribution in [3.8, 4) is 0 Å². The molecule has 9 heteroatoms. The van der Waals surface area contributed by atoms with E-state index in [1.54, 1.807) is 18.3 Å². The van der Waals surface area contributed by atoms with Crippen LogP contribution in [0.3, 0.4) is 0 Å². The molecule has 1 fully saturated rings. The smallest absolute Gasteiger partial charge is 0.269 e. The highest BCUT2D eigenvalue weighted by Crippen LogP contribution is 2.22. The van der Waals surface area contributed by atoms with Crippen LogP contribution in [0.2, 0.25) is 0 Å². The zero-order valence-corrected chi connectivity index (χ0v) is 15.9.